The number of hydrogen-bond acceptors (Lipinski definition) is 7. The summed E-state index contributed by atoms with van der Waals surface area (Å²) < 4.78 is 26.1. The van der Waals surface area contributed by atoms with E-state index >= 15 is 0 Å². The Morgan fingerprint density at radius 3 is 2.57 bits per heavy atom. The molecule has 0 unspecified atom stereocenters. The molecule has 1 amide bonds. The minimum Gasteiger partial charge on any atom is -0.471 e. The van der Waals surface area contributed by atoms with Crippen molar-refractivity contribution in [3.8, 4) is 5.88 Å². The van der Waals surface area contributed by atoms with Crippen molar-refractivity contribution < 1.29 is 23.8 Å². The van der Waals surface area contributed by atoms with E-state index < -0.39 is 18.2 Å². The number of nitrogens with one attached hydrogen (secondary N) is 2. The molecule has 47 heavy (non-hydrogen) atoms. The van der Waals surface area contributed by atoms with E-state index in [-0.39, 0.29) is 35.3 Å². The van der Waals surface area contributed by atoms with Crippen molar-refractivity contribution in [2.75, 3.05) is 26.2 Å². The smallest absolute Gasteiger partial charge is 0.250 e. The van der Waals surface area contributed by atoms with Gasteiger partial charge in [0.1, 0.15) is 17.5 Å². The number of fused-ring (bicyclic) bond motifs is 1. The van der Waals surface area contributed by atoms with E-state index in [1.807, 2.05) is 24.4 Å². The van der Waals surface area contributed by atoms with Gasteiger partial charge < -0.3 is 25.2 Å². The molecule has 2 fully saturated rings. The van der Waals surface area contributed by atoms with Crippen LogP contribution in [0.1, 0.15) is 74.8 Å². The van der Waals surface area contributed by atoms with Crippen LogP contribution < -0.4 is 15.4 Å². The summed E-state index contributed by atoms with van der Waals surface area (Å²) in [6, 6.07) is 17.9. The maximum atomic E-state index is 13.7. The zero-order valence-corrected chi connectivity index (χ0v) is 27.9. The standard InChI is InChI=1S/C38H49FN4O4/c1-37(2,3)20-28-18-30-32(21-38(14-7-15-38)47-36(30)41-22-28)40-23-33(44)31(19-26-10-12-29(39)13-11-26)42-35(45)34-25-43(16-17-46-34)24-27-8-5-4-6-9-27/h4-6,8-13,18,22,31-34,40,44H,7,14-17,19-21,23-25H2,1-3H3,(H,42,45)/t31-,32-,33+,34-/m0/s1. The van der Waals surface area contributed by atoms with E-state index in [1.165, 1.54) is 17.7 Å². The lowest BCUT2D eigenvalue weighted by atomic mass is 9.73. The fraction of sp³-hybridized carbons (Fsp3) is 0.526. The van der Waals surface area contributed by atoms with E-state index in [9.17, 15) is 14.3 Å². The maximum absolute atomic E-state index is 13.7. The van der Waals surface area contributed by atoms with Crippen molar-refractivity contribution in [1.82, 2.24) is 20.5 Å². The molecule has 3 aliphatic rings. The number of pyridine rings is 1. The van der Waals surface area contributed by atoms with Crippen LogP contribution in [0.25, 0.3) is 0 Å². The summed E-state index contributed by atoms with van der Waals surface area (Å²) in [4.78, 5) is 20.6. The Morgan fingerprint density at radius 2 is 1.87 bits per heavy atom. The molecule has 8 nitrogen and oxygen atoms in total. The summed E-state index contributed by atoms with van der Waals surface area (Å²) in [5, 5.41) is 18.4. The van der Waals surface area contributed by atoms with Gasteiger partial charge in [0.05, 0.1) is 18.8 Å². The van der Waals surface area contributed by atoms with Gasteiger partial charge in [-0.15, -0.1) is 0 Å². The van der Waals surface area contributed by atoms with Crippen molar-refractivity contribution >= 4 is 5.91 Å². The Kier molecular flexibility index (Phi) is 10.3. The number of nitrogens with zero attached hydrogens (tertiary/aromatic N) is 2. The van der Waals surface area contributed by atoms with Crippen molar-refractivity contribution in [1.29, 1.82) is 0 Å². The van der Waals surface area contributed by atoms with E-state index in [0.29, 0.717) is 25.5 Å². The van der Waals surface area contributed by atoms with E-state index in [1.54, 1.807) is 12.1 Å². The highest BCUT2D eigenvalue weighted by atomic mass is 19.1. The summed E-state index contributed by atoms with van der Waals surface area (Å²) >= 11 is 0. The van der Waals surface area contributed by atoms with Crippen LogP contribution in [0.5, 0.6) is 5.88 Å². The van der Waals surface area contributed by atoms with Crippen LogP contribution in [0.15, 0.2) is 66.9 Å². The number of morpholine rings is 1. The highest BCUT2D eigenvalue weighted by Crippen LogP contribution is 2.48. The number of aromatic nitrogens is 1. The number of amides is 1. The van der Waals surface area contributed by atoms with Gasteiger partial charge in [0.15, 0.2) is 0 Å². The lowest BCUT2D eigenvalue weighted by Crippen LogP contribution is -2.56. The Morgan fingerprint density at radius 1 is 1.11 bits per heavy atom. The molecule has 3 N–H and O–H groups in total. The first-order chi connectivity index (χ1) is 22.5. The van der Waals surface area contributed by atoms with Gasteiger partial charge in [-0.05, 0) is 72.4 Å². The van der Waals surface area contributed by atoms with E-state index in [0.717, 1.165) is 61.9 Å². The number of carbonyl (C=O) groups excluding carboxylic acids is 1. The number of hydrogen-bond donors (Lipinski definition) is 3. The van der Waals surface area contributed by atoms with Crippen LogP contribution in [-0.2, 0) is 28.9 Å². The molecule has 0 radical (unpaired) electrons. The van der Waals surface area contributed by atoms with Crippen LogP contribution in [0.4, 0.5) is 4.39 Å². The molecule has 1 spiro atoms. The molecule has 252 valence electrons. The van der Waals surface area contributed by atoms with Crippen LogP contribution in [0.3, 0.4) is 0 Å². The van der Waals surface area contributed by atoms with Crippen LogP contribution in [-0.4, -0.2) is 71.0 Å². The van der Waals surface area contributed by atoms with E-state index in [2.05, 4.69) is 54.5 Å². The first-order valence-corrected chi connectivity index (χ1v) is 17.1. The predicted octanol–water partition coefficient (Wildman–Crippen LogP) is 5.13. The van der Waals surface area contributed by atoms with Crippen molar-refractivity contribution in [2.45, 2.75) is 95.7 Å². The van der Waals surface area contributed by atoms with Gasteiger partial charge in [-0.1, -0.05) is 63.2 Å². The van der Waals surface area contributed by atoms with Crippen LogP contribution in [0.2, 0.25) is 0 Å². The Hall–Kier alpha value is -3.37. The normalized spacial score (nSPS) is 22.1. The van der Waals surface area contributed by atoms with Crippen LogP contribution >= 0.6 is 0 Å². The van der Waals surface area contributed by atoms with Crippen LogP contribution in [0, 0.1) is 11.2 Å². The fourth-order valence-electron chi connectivity index (χ4n) is 7.03. The molecule has 1 aromatic heterocycles. The second-order valence-corrected chi connectivity index (χ2v) is 14.9. The first kappa shape index (κ1) is 33.5. The molecule has 1 aliphatic carbocycles. The third-order valence-electron chi connectivity index (χ3n) is 9.63. The topological polar surface area (TPSA) is 96.0 Å². The average molecular weight is 645 g/mol. The summed E-state index contributed by atoms with van der Waals surface area (Å²) in [5.41, 5.74) is 4.08. The number of aliphatic hydroxyl groups excluding tert-OH is 1. The molecule has 2 aliphatic heterocycles. The molecule has 6 rings (SSSR count). The van der Waals surface area contributed by atoms with Gasteiger partial charge in [-0.25, -0.2) is 9.37 Å². The quantitative estimate of drug-likeness (QED) is 0.266. The summed E-state index contributed by atoms with van der Waals surface area (Å²) in [7, 11) is 0. The highest BCUT2D eigenvalue weighted by molar-refractivity contribution is 5.81. The van der Waals surface area contributed by atoms with Gasteiger partial charge in [-0.2, -0.15) is 0 Å². The molecular formula is C38H49FN4O4. The zero-order valence-electron chi connectivity index (χ0n) is 27.9. The summed E-state index contributed by atoms with van der Waals surface area (Å²) in [5.74, 6) is 0.0919. The van der Waals surface area contributed by atoms with Crippen molar-refractivity contribution in [3.63, 3.8) is 0 Å². The van der Waals surface area contributed by atoms with Gasteiger partial charge in [0, 0.05) is 50.4 Å². The number of aliphatic hydroxyl groups is 1. The zero-order chi connectivity index (χ0) is 33.0. The summed E-state index contributed by atoms with van der Waals surface area (Å²) in [6.45, 7) is 9.29. The van der Waals surface area contributed by atoms with Gasteiger partial charge in [-0.3, -0.25) is 9.69 Å². The molecule has 0 bridgehead atoms. The van der Waals surface area contributed by atoms with Gasteiger partial charge >= 0.3 is 0 Å². The summed E-state index contributed by atoms with van der Waals surface area (Å²) in [6.07, 6.45) is 5.51. The Balaban J connectivity index is 1.15. The van der Waals surface area contributed by atoms with E-state index in [4.69, 9.17) is 14.5 Å². The number of ether oxygens (including phenoxy) is 2. The lowest BCUT2D eigenvalue weighted by molar-refractivity contribution is -0.140. The molecule has 4 atom stereocenters. The third-order valence-corrected chi connectivity index (χ3v) is 9.63. The molecule has 3 heterocycles. The number of rotatable bonds is 11. The molecule has 1 saturated heterocycles. The largest absolute Gasteiger partial charge is 0.471 e. The monoisotopic (exact) mass is 644 g/mol. The number of benzene rings is 2. The second-order valence-electron chi connectivity index (χ2n) is 14.9. The third kappa shape index (κ3) is 8.76. The van der Waals surface area contributed by atoms with Gasteiger partial charge in [0.25, 0.3) is 5.91 Å². The Bertz CT molecular complexity index is 1490. The second kappa shape index (κ2) is 14.4. The first-order valence-electron chi connectivity index (χ1n) is 17.1. The maximum Gasteiger partial charge on any atom is 0.250 e. The molecule has 1 saturated carbocycles. The minimum absolute atomic E-state index is 0.0449. The van der Waals surface area contributed by atoms with Crippen molar-refractivity contribution in [2.24, 2.45) is 5.41 Å². The molecule has 3 aromatic rings. The highest BCUT2D eigenvalue weighted by Gasteiger charge is 2.46. The minimum atomic E-state index is -0.914. The SMILES string of the molecule is CC(C)(C)Cc1cnc2c(c1)[C@@H](NC[C@@H](O)[C@H](Cc1ccc(F)cc1)NC(=O)[C@@H]1CN(Cc3ccccc3)CCO1)CC1(CCC1)O2. The number of carbonyl (C=O) groups is 1. The lowest BCUT2D eigenvalue weighted by Gasteiger charge is -2.47. The molecular weight excluding hydrogens is 595 g/mol. The number of halogens is 1. The fourth-order valence-corrected chi connectivity index (χ4v) is 7.03. The molecule has 9 heteroatoms. The molecule has 2 aromatic carbocycles. The average Bonchev–Trinajstić information content (AvgIpc) is 3.03. The van der Waals surface area contributed by atoms with Crippen molar-refractivity contribution in [3.05, 3.63) is 94.9 Å². The predicted molar refractivity (Wildman–Crippen MR) is 179 cm³/mol. The van der Waals surface area contributed by atoms with Gasteiger partial charge in [0.2, 0.25) is 5.88 Å². The Labute approximate surface area is 278 Å².